The predicted molar refractivity (Wildman–Crippen MR) is 404 cm³/mol. The Balaban J connectivity index is 0.000000169. The van der Waals surface area contributed by atoms with Gasteiger partial charge in [0.25, 0.3) is 0 Å². The molecule has 30 heteroatoms. The Morgan fingerprint density at radius 2 is 0.661 bits per heavy atom. The monoisotopic (exact) mass is 1590 g/mol. The lowest BCUT2D eigenvalue weighted by Gasteiger charge is -2.23. The number of methoxy groups -OCH3 is 4. The Hall–Kier alpha value is -10.6. The van der Waals surface area contributed by atoms with Gasteiger partial charge in [0, 0.05) is 109 Å². The van der Waals surface area contributed by atoms with Gasteiger partial charge in [-0.1, -0.05) is 58.0 Å². The molecule has 12 aromatic rings. The highest BCUT2D eigenvalue weighted by Crippen LogP contribution is 2.33. The smallest absolute Gasteiger partial charge is 0.325 e. The molecular weight excluding hydrogens is 1530 g/mol. The summed E-state index contributed by atoms with van der Waals surface area (Å²) >= 11 is 29.0. The van der Waals surface area contributed by atoms with Crippen LogP contribution in [0.1, 0.15) is 12.1 Å². The van der Waals surface area contributed by atoms with E-state index in [1.54, 1.807) is 110 Å². The van der Waals surface area contributed by atoms with E-state index in [0.29, 0.717) is 105 Å². The second-order valence-corrected chi connectivity index (χ2v) is 25.3. The number of carbonyl (C=O) groups is 2. The molecule has 0 spiro atoms. The van der Waals surface area contributed by atoms with Gasteiger partial charge in [-0.2, -0.15) is 0 Å². The van der Waals surface area contributed by atoms with Crippen molar-refractivity contribution in [1.82, 2.24) is 39.9 Å². The van der Waals surface area contributed by atoms with Crippen molar-refractivity contribution in [2.45, 2.75) is 12.8 Å². The van der Waals surface area contributed by atoms with Crippen LogP contribution in [0.5, 0.6) is 0 Å². The number of benzene rings is 8. The van der Waals surface area contributed by atoms with Crippen LogP contribution in [0, 0.1) is 46.5 Å². The maximum Gasteiger partial charge on any atom is 0.325 e. The van der Waals surface area contributed by atoms with E-state index in [1.807, 2.05) is 6.07 Å². The molecule has 0 saturated carbocycles. The Bertz CT molecular complexity index is 5110. The number of esters is 1. The summed E-state index contributed by atoms with van der Waals surface area (Å²) in [6.45, 7) is 1.43. The number of hydrogen-bond donors (Lipinski definition) is 1. The van der Waals surface area contributed by atoms with E-state index in [9.17, 15) is 49.8 Å². The number of ether oxygens (including phenoxy) is 4. The third-order valence-electron chi connectivity index (χ3n) is 15.6. The van der Waals surface area contributed by atoms with Crippen molar-refractivity contribution < 1.29 is 68.8 Å². The molecule has 0 atom stereocenters. The number of carboxylic acid groups (broad SMARTS) is 1. The number of halogens is 13. The van der Waals surface area contributed by atoms with Crippen LogP contribution in [-0.4, -0.2) is 131 Å². The minimum absolute atomic E-state index is 0.0181. The summed E-state index contributed by atoms with van der Waals surface area (Å²) < 4.78 is 128. The molecule has 562 valence electrons. The Kier molecular flexibility index (Phi) is 30.3. The second-order valence-electron chi connectivity index (χ2n) is 23.3. The van der Waals surface area contributed by atoms with Gasteiger partial charge in [-0.15, -0.1) is 0 Å². The van der Waals surface area contributed by atoms with E-state index in [4.69, 9.17) is 77.0 Å². The number of aliphatic carboxylic acids is 1. The molecule has 0 saturated heterocycles. The van der Waals surface area contributed by atoms with Gasteiger partial charge in [0.1, 0.15) is 76.4 Å². The lowest BCUT2D eigenvalue weighted by atomic mass is 10.1. The number of carboxylic acids is 1. The lowest BCUT2D eigenvalue weighted by Crippen LogP contribution is -2.34. The van der Waals surface area contributed by atoms with E-state index in [-0.39, 0.29) is 86.4 Å². The van der Waals surface area contributed by atoms with Gasteiger partial charge in [-0.05, 0) is 189 Å². The van der Waals surface area contributed by atoms with Gasteiger partial charge in [-0.3, -0.25) is 9.59 Å². The number of anilines is 2. The molecule has 0 bridgehead atoms. The average Bonchev–Trinajstić information content (AvgIpc) is 0.825. The minimum Gasteiger partial charge on any atom is -0.480 e. The Labute approximate surface area is 645 Å². The summed E-state index contributed by atoms with van der Waals surface area (Å²) in [6.07, 6.45) is 1.48. The fraction of sp³-hybridized carbons (Fsp3) is 0.165. The van der Waals surface area contributed by atoms with Crippen LogP contribution >= 0.6 is 58.0 Å². The molecule has 0 aliphatic rings. The first kappa shape index (κ1) is 82.4. The van der Waals surface area contributed by atoms with Crippen molar-refractivity contribution in [1.29, 1.82) is 0 Å². The average molecular weight is 1590 g/mol. The van der Waals surface area contributed by atoms with Gasteiger partial charge >= 0.3 is 11.9 Å². The first-order valence-electron chi connectivity index (χ1n) is 32.7. The SMILES string of the molecule is COCCCc1cc(-c2ccc(F)cc2)nc(-c2ccc(Cl)c(F)c2)n1.COCCN(CC(=O)O)c1cc(-c2ccc(F)cc2)nc(-c2ccc(Cl)c(F)c2)n1.COCCN(CC(=O)OC)c1cc(-c2ccc(F)cc2)nc(-c2ccc(Cl)c(F)c2)n1.Fc1ccc(-c2cc(Cl)nc(-c3ccc(Cl)c(F)c3)n2)cc1. The first-order chi connectivity index (χ1) is 52.4. The normalized spacial score (nSPS) is 10.8. The van der Waals surface area contributed by atoms with Crippen LogP contribution in [0.2, 0.25) is 25.2 Å². The van der Waals surface area contributed by atoms with Crippen molar-refractivity contribution in [3.8, 4) is 90.6 Å². The molecule has 0 aliphatic heterocycles. The van der Waals surface area contributed by atoms with Crippen LogP contribution in [0.25, 0.3) is 90.6 Å². The van der Waals surface area contributed by atoms with Crippen LogP contribution in [0.4, 0.5) is 46.8 Å². The second kappa shape index (κ2) is 40.0. The first-order valence-corrected chi connectivity index (χ1v) is 34.6. The Morgan fingerprint density at radius 3 is 0.982 bits per heavy atom. The van der Waals surface area contributed by atoms with Crippen LogP contribution in [-0.2, 0) is 35.0 Å². The quantitative estimate of drug-likeness (QED) is 0.0259. The molecule has 109 heavy (non-hydrogen) atoms. The molecule has 0 amide bonds. The molecule has 1 N–H and O–H groups in total. The summed E-state index contributed by atoms with van der Waals surface area (Å²) in [5, 5.41) is 9.49. The van der Waals surface area contributed by atoms with E-state index in [0.717, 1.165) is 17.7 Å². The van der Waals surface area contributed by atoms with Crippen LogP contribution in [0.3, 0.4) is 0 Å². The topological polar surface area (TPSA) is 201 Å². The summed E-state index contributed by atoms with van der Waals surface area (Å²) in [6, 6.07) is 47.2. The molecule has 12 rings (SSSR count). The third kappa shape index (κ3) is 23.9. The summed E-state index contributed by atoms with van der Waals surface area (Å²) in [4.78, 5) is 61.9. The highest BCUT2D eigenvalue weighted by molar-refractivity contribution is 6.32. The van der Waals surface area contributed by atoms with Crippen molar-refractivity contribution >= 4 is 81.6 Å². The highest BCUT2D eigenvalue weighted by atomic mass is 35.5. The summed E-state index contributed by atoms with van der Waals surface area (Å²) in [7, 11) is 5.99. The zero-order chi connectivity index (χ0) is 78.3. The van der Waals surface area contributed by atoms with Crippen LogP contribution < -0.4 is 9.80 Å². The summed E-state index contributed by atoms with van der Waals surface area (Å²) in [5.41, 5.74) is 7.30. The van der Waals surface area contributed by atoms with Crippen molar-refractivity contribution in [3.05, 3.63) is 272 Å². The molecule has 0 radical (unpaired) electrons. The molecule has 8 aromatic carbocycles. The minimum atomic E-state index is -1.05. The number of rotatable bonds is 24. The lowest BCUT2D eigenvalue weighted by molar-refractivity contribution is -0.139. The van der Waals surface area contributed by atoms with E-state index in [2.05, 4.69) is 39.9 Å². The fourth-order valence-electron chi connectivity index (χ4n) is 10.1. The number of hydrogen-bond acceptors (Lipinski definition) is 16. The highest BCUT2D eigenvalue weighted by Gasteiger charge is 2.22. The van der Waals surface area contributed by atoms with Crippen molar-refractivity contribution in [2.24, 2.45) is 0 Å². The molecule has 0 aliphatic carbocycles. The van der Waals surface area contributed by atoms with Crippen molar-refractivity contribution in [3.63, 3.8) is 0 Å². The van der Waals surface area contributed by atoms with E-state index in [1.165, 1.54) is 116 Å². The standard InChI is InChI=1S/C22H20ClF2N3O3.C21H18ClF2N3O3.C20H17ClF2N2O.C16H8Cl2F2N2/c1-30-10-9-28(13-21(29)31-2)20-12-19(14-3-6-16(24)7-4-14)26-22(27-20)15-5-8-17(23)18(25)11-15;1-30-9-8-27(12-20(28)29)19-11-18(13-2-5-15(23)6-3-13)25-21(26-19)14-4-7-16(22)17(24)10-14;1-26-10-2-3-16-12-19(13-4-7-15(22)8-5-13)25-20(24-16)14-6-9-17(21)18(23)11-14;17-12-6-3-10(7-13(12)20)16-21-14(8-15(18)22-16)9-1-4-11(19)5-2-9/h3-8,11-12H,9-10,13H2,1-2H3;2-7,10-11H,8-9,12H2,1H3,(H,28,29);4-9,11-12H,2-3,10H2,1H3;1-8H. The Morgan fingerprint density at radius 1 is 0.358 bits per heavy atom. The van der Waals surface area contributed by atoms with Gasteiger partial charge in [0.2, 0.25) is 0 Å². The van der Waals surface area contributed by atoms with Gasteiger partial charge in [0.05, 0.1) is 63.2 Å². The van der Waals surface area contributed by atoms with Gasteiger partial charge in [-0.25, -0.2) is 75.0 Å². The maximum atomic E-state index is 14.1. The predicted octanol–water partition coefficient (Wildman–Crippen LogP) is 19.4. The number of carbonyl (C=O) groups excluding carboxylic acids is 1. The third-order valence-corrected chi connectivity index (χ3v) is 17.0. The van der Waals surface area contributed by atoms with E-state index >= 15 is 0 Å². The number of nitrogens with zero attached hydrogens (tertiary/aromatic N) is 10. The number of aromatic nitrogens is 8. The molecule has 4 heterocycles. The molecular formula is C79H63Cl5F8N10O7. The zero-order valence-corrected chi connectivity index (χ0v) is 61.9. The largest absolute Gasteiger partial charge is 0.480 e. The maximum absolute atomic E-state index is 14.1. The van der Waals surface area contributed by atoms with Crippen molar-refractivity contribution in [2.75, 3.05) is 84.2 Å². The number of aryl methyl sites for hydroxylation is 1. The van der Waals surface area contributed by atoms with Gasteiger partial charge in [0.15, 0.2) is 23.3 Å². The fourth-order valence-corrected chi connectivity index (χ4v) is 10.8. The molecule has 0 unspecified atom stereocenters. The molecule has 17 nitrogen and oxygen atoms in total. The van der Waals surface area contributed by atoms with E-state index < -0.39 is 41.0 Å². The van der Waals surface area contributed by atoms with Crippen LogP contribution in [0.15, 0.2) is 194 Å². The molecule has 4 aromatic heterocycles. The van der Waals surface area contributed by atoms with Gasteiger partial charge < -0.3 is 33.9 Å². The zero-order valence-electron chi connectivity index (χ0n) is 58.1. The molecule has 0 fully saturated rings. The summed E-state index contributed by atoms with van der Waals surface area (Å²) in [5.74, 6) is -3.51.